The lowest BCUT2D eigenvalue weighted by Gasteiger charge is -2.33. The fourth-order valence-electron chi connectivity index (χ4n) is 3.05. The minimum absolute atomic E-state index is 0. The van der Waals surface area contributed by atoms with Crippen molar-refractivity contribution in [3.05, 3.63) is 0 Å². The first kappa shape index (κ1) is 21.5. The van der Waals surface area contributed by atoms with Crippen molar-refractivity contribution in [3.8, 4) is 0 Å². The third-order valence-electron chi connectivity index (χ3n) is 4.75. The van der Waals surface area contributed by atoms with Crippen molar-refractivity contribution in [2.45, 2.75) is 58.5 Å². The van der Waals surface area contributed by atoms with Crippen molar-refractivity contribution in [1.82, 2.24) is 20.9 Å². The third kappa shape index (κ3) is 6.38. The number of nitrogens with one attached hydrogen (secondary N) is 3. The van der Waals surface area contributed by atoms with Crippen molar-refractivity contribution < 1.29 is 4.79 Å². The van der Waals surface area contributed by atoms with E-state index in [4.69, 9.17) is 0 Å². The molecule has 0 spiro atoms. The number of hydrogen-bond donors (Lipinski definition) is 3. The normalized spacial score (nSPS) is 20.2. The van der Waals surface area contributed by atoms with Crippen LogP contribution in [0.3, 0.4) is 0 Å². The maximum atomic E-state index is 11.9. The molecular weight excluding hydrogens is 417 g/mol. The van der Waals surface area contributed by atoms with Crippen LogP contribution in [-0.4, -0.2) is 62.1 Å². The highest BCUT2D eigenvalue weighted by Gasteiger charge is 2.32. The maximum Gasteiger partial charge on any atom is 0.227 e. The average Bonchev–Trinajstić information content (AvgIpc) is 3.37. The second-order valence-electron chi connectivity index (χ2n) is 7.34. The Morgan fingerprint density at radius 1 is 1.21 bits per heavy atom. The molecule has 1 amide bonds. The minimum atomic E-state index is -0.494. The molecule has 6 nitrogen and oxygen atoms in total. The van der Waals surface area contributed by atoms with Crippen molar-refractivity contribution in [2.75, 3.05) is 33.2 Å². The molecule has 0 bridgehead atoms. The number of amides is 1. The molecule has 0 aromatic heterocycles. The van der Waals surface area contributed by atoms with Crippen LogP contribution in [0.2, 0.25) is 0 Å². The van der Waals surface area contributed by atoms with Crippen LogP contribution in [0.25, 0.3) is 0 Å². The van der Waals surface area contributed by atoms with Gasteiger partial charge in [0.05, 0.1) is 12.0 Å². The Hall–Kier alpha value is -0.570. The van der Waals surface area contributed by atoms with Crippen LogP contribution in [0.15, 0.2) is 4.99 Å². The summed E-state index contributed by atoms with van der Waals surface area (Å²) in [7, 11) is 1.67. The van der Waals surface area contributed by atoms with Crippen LogP contribution in [0.4, 0.5) is 0 Å². The Morgan fingerprint density at radius 3 is 2.33 bits per heavy atom. The van der Waals surface area contributed by atoms with Gasteiger partial charge < -0.3 is 20.9 Å². The van der Waals surface area contributed by atoms with E-state index in [1.54, 1.807) is 7.05 Å². The largest absolute Gasteiger partial charge is 0.359 e. The van der Waals surface area contributed by atoms with Gasteiger partial charge in [-0.2, -0.15) is 0 Å². The Morgan fingerprint density at radius 2 is 1.83 bits per heavy atom. The predicted octanol–water partition coefficient (Wildman–Crippen LogP) is 1.56. The van der Waals surface area contributed by atoms with Crippen LogP contribution in [0.5, 0.6) is 0 Å². The van der Waals surface area contributed by atoms with Crippen LogP contribution < -0.4 is 16.0 Å². The SMILES string of the molecule is CCNC(=NCC(C)(C)C(=O)NC)NC1CCN(C2CC2)CC1.I. The molecule has 140 valence electrons. The molecule has 2 fully saturated rings. The molecule has 1 aliphatic carbocycles. The van der Waals surface area contributed by atoms with Crippen molar-refractivity contribution in [2.24, 2.45) is 10.4 Å². The fraction of sp³-hybridized carbons (Fsp3) is 0.882. The zero-order valence-electron chi connectivity index (χ0n) is 15.5. The predicted molar refractivity (Wildman–Crippen MR) is 110 cm³/mol. The van der Waals surface area contributed by atoms with Crippen molar-refractivity contribution in [1.29, 1.82) is 0 Å². The zero-order chi connectivity index (χ0) is 16.9. The summed E-state index contributed by atoms with van der Waals surface area (Å²) in [6.45, 7) is 9.59. The first-order valence-corrected chi connectivity index (χ1v) is 8.97. The summed E-state index contributed by atoms with van der Waals surface area (Å²) in [6.07, 6.45) is 5.10. The van der Waals surface area contributed by atoms with Crippen molar-refractivity contribution in [3.63, 3.8) is 0 Å². The molecule has 2 aliphatic rings. The fourth-order valence-corrected chi connectivity index (χ4v) is 3.05. The summed E-state index contributed by atoms with van der Waals surface area (Å²) in [5.74, 6) is 0.851. The van der Waals surface area contributed by atoms with Gasteiger partial charge in [0.25, 0.3) is 0 Å². The van der Waals surface area contributed by atoms with Gasteiger partial charge in [-0.1, -0.05) is 0 Å². The Bertz CT molecular complexity index is 429. The number of halogens is 1. The summed E-state index contributed by atoms with van der Waals surface area (Å²) >= 11 is 0. The molecule has 1 saturated heterocycles. The van der Waals surface area contributed by atoms with Crippen LogP contribution >= 0.6 is 24.0 Å². The molecule has 7 heteroatoms. The molecule has 24 heavy (non-hydrogen) atoms. The Labute approximate surface area is 163 Å². The molecule has 0 aromatic rings. The van der Waals surface area contributed by atoms with Gasteiger partial charge in [0.2, 0.25) is 5.91 Å². The van der Waals surface area contributed by atoms with Gasteiger partial charge in [0, 0.05) is 38.8 Å². The molecule has 0 aromatic carbocycles. The number of hydrogen-bond acceptors (Lipinski definition) is 3. The molecule has 0 radical (unpaired) electrons. The van der Waals surface area contributed by atoms with E-state index in [9.17, 15) is 4.79 Å². The van der Waals surface area contributed by atoms with Crippen LogP contribution in [0, 0.1) is 5.41 Å². The average molecular weight is 451 g/mol. The minimum Gasteiger partial charge on any atom is -0.359 e. The summed E-state index contributed by atoms with van der Waals surface area (Å²) in [6, 6.07) is 1.34. The quantitative estimate of drug-likeness (QED) is 0.326. The molecule has 1 heterocycles. The third-order valence-corrected chi connectivity index (χ3v) is 4.75. The highest BCUT2D eigenvalue weighted by Crippen LogP contribution is 2.29. The van der Waals surface area contributed by atoms with Gasteiger partial charge in [-0.25, -0.2) is 0 Å². The summed E-state index contributed by atoms with van der Waals surface area (Å²) in [5.41, 5.74) is -0.494. The summed E-state index contributed by atoms with van der Waals surface area (Å²) in [4.78, 5) is 19.1. The van der Waals surface area contributed by atoms with Crippen LogP contribution in [-0.2, 0) is 4.79 Å². The highest BCUT2D eigenvalue weighted by atomic mass is 127. The van der Waals surface area contributed by atoms with Gasteiger partial charge in [-0.15, -0.1) is 24.0 Å². The number of aliphatic imine (C=N–C) groups is 1. The van der Waals surface area contributed by atoms with E-state index in [0.29, 0.717) is 12.6 Å². The molecular formula is C17H34IN5O. The van der Waals surface area contributed by atoms with Crippen LogP contribution in [0.1, 0.15) is 46.5 Å². The van der Waals surface area contributed by atoms with Gasteiger partial charge >= 0.3 is 0 Å². The van der Waals surface area contributed by atoms with E-state index in [2.05, 4.69) is 32.8 Å². The molecule has 1 aliphatic heterocycles. The molecule has 3 N–H and O–H groups in total. The van der Waals surface area contributed by atoms with Crippen molar-refractivity contribution >= 4 is 35.8 Å². The van der Waals surface area contributed by atoms with E-state index < -0.39 is 5.41 Å². The zero-order valence-corrected chi connectivity index (χ0v) is 17.9. The van der Waals surface area contributed by atoms with E-state index >= 15 is 0 Å². The standard InChI is InChI=1S/C17H33N5O.HI/c1-5-19-16(20-12-17(2,3)15(23)18-4)21-13-8-10-22(11-9-13)14-6-7-14;/h13-14H,5-12H2,1-4H3,(H,18,23)(H2,19,20,21);1H. The Kier molecular flexibility index (Phi) is 8.76. The number of nitrogens with zero attached hydrogens (tertiary/aromatic N) is 2. The molecule has 0 unspecified atom stereocenters. The number of carbonyl (C=O) groups excluding carboxylic acids is 1. The van der Waals surface area contributed by atoms with Gasteiger partial charge in [-0.05, 0) is 46.5 Å². The summed E-state index contributed by atoms with van der Waals surface area (Å²) < 4.78 is 0. The van der Waals surface area contributed by atoms with E-state index in [1.807, 2.05) is 13.8 Å². The smallest absolute Gasteiger partial charge is 0.227 e. The topological polar surface area (TPSA) is 68.8 Å². The number of carbonyl (C=O) groups is 1. The first-order chi connectivity index (χ1) is 11.0. The van der Waals surface area contributed by atoms with E-state index in [0.717, 1.165) is 18.5 Å². The second kappa shape index (κ2) is 9.79. The number of guanidine groups is 1. The van der Waals surface area contributed by atoms with Gasteiger partial charge in [0.15, 0.2) is 5.96 Å². The lowest BCUT2D eigenvalue weighted by molar-refractivity contribution is -0.128. The Balaban J connectivity index is 0.00000288. The van der Waals surface area contributed by atoms with Gasteiger partial charge in [0.1, 0.15) is 0 Å². The monoisotopic (exact) mass is 451 g/mol. The molecule has 0 atom stereocenters. The van der Waals surface area contributed by atoms with E-state index in [1.165, 1.54) is 38.8 Å². The summed E-state index contributed by atoms with van der Waals surface area (Å²) in [5, 5.41) is 9.56. The lowest BCUT2D eigenvalue weighted by Crippen LogP contribution is -2.49. The highest BCUT2D eigenvalue weighted by molar-refractivity contribution is 14.0. The van der Waals surface area contributed by atoms with Gasteiger partial charge in [-0.3, -0.25) is 9.79 Å². The second-order valence-corrected chi connectivity index (χ2v) is 7.34. The molecule has 1 saturated carbocycles. The first-order valence-electron chi connectivity index (χ1n) is 8.97. The molecule has 2 rings (SSSR count). The number of likely N-dealkylation sites (tertiary alicyclic amines) is 1. The lowest BCUT2D eigenvalue weighted by atomic mass is 9.93. The maximum absolute atomic E-state index is 11.9. The number of piperidine rings is 1. The van der Waals surface area contributed by atoms with E-state index in [-0.39, 0.29) is 29.9 Å². The number of rotatable bonds is 6.